The summed E-state index contributed by atoms with van der Waals surface area (Å²) in [5.74, 6) is -0.909. The van der Waals surface area contributed by atoms with E-state index in [1.807, 2.05) is 49.4 Å². The number of carbonyl (C=O) groups is 3. The molecule has 3 amide bonds. The van der Waals surface area contributed by atoms with Gasteiger partial charge in [0.2, 0.25) is 17.7 Å². The molecule has 1 N–H and O–H groups in total. The number of benzene rings is 2. The van der Waals surface area contributed by atoms with Crippen LogP contribution in [0.15, 0.2) is 54.6 Å². The van der Waals surface area contributed by atoms with Crippen LogP contribution >= 0.6 is 0 Å². The fourth-order valence-corrected chi connectivity index (χ4v) is 5.27. The maximum atomic E-state index is 13.1. The summed E-state index contributed by atoms with van der Waals surface area (Å²) in [6.07, 6.45) is 5.42. The summed E-state index contributed by atoms with van der Waals surface area (Å²) in [5, 5.41) is 4.92. The number of nitrogens with one attached hydrogen (secondary N) is 1. The van der Waals surface area contributed by atoms with Crippen LogP contribution in [0.4, 0.5) is 5.69 Å². The maximum Gasteiger partial charge on any atom is 0.247 e. The zero-order valence-corrected chi connectivity index (χ0v) is 15.7. The fraction of sp³-hybridized carbons (Fsp3) is 0.348. The van der Waals surface area contributed by atoms with E-state index in [1.165, 1.54) is 4.90 Å². The molecule has 0 radical (unpaired) electrons. The average Bonchev–Trinajstić information content (AvgIpc) is 3.38. The van der Waals surface area contributed by atoms with E-state index in [0.717, 1.165) is 17.2 Å². The van der Waals surface area contributed by atoms with E-state index in [9.17, 15) is 14.4 Å². The van der Waals surface area contributed by atoms with E-state index in [1.54, 1.807) is 0 Å². The van der Waals surface area contributed by atoms with Crippen molar-refractivity contribution in [3.8, 4) is 0 Å². The fourth-order valence-electron chi connectivity index (χ4n) is 5.27. The third-order valence-electron chi connectivity index (χ3n) is 6.55. The lowest BCUT2D eigenvalue weighted by molar-refractivity contribution is -0.147. The Morgan fingerprint density at radius 2 is 1.68 bits per heavy atom. The molecule has 5 nitrogen and oxygen atoms in total. The Hall–Kier alpha value is -2.95. The highest BCUT2D eigenvalue weighted by molar-refractivity contribution is 6.12. The smallest absolute Gasteiger partial charge is 0.247 e. The van der Waals surface area contributed by atoms with Gasteiger partial charge in [0, 0.05) is 11.1 Å². The van der Waals surface area contributed by atoms with Crippen molar-refractivity contribution < 1.29 is 14.4 Å². The van der Waals surface area contributed by atoms with Crippen molar-refractivity contribution in [3.05, 3.63) is 54.6 Å². The van der Waals surface area contributed by atoms with E-state index < -0.39 is 6.04 Å². The number of rotatable bonds is 4. The highest BCUT2D eigenvalue weighted by atomic mass is 16.2. The van der Waals surface area contributed by atoms with Crippen molar-refractivity contribution in [1.29, 1.82) is 0 Å². The zero-order valence-electron chi connectivity index (χ0n) is 15.7. The third-order valence-corrected chi connectivity index (χ3v) is 6.55. The van der Waals surface area contributed by atoms with Gasteiger partial charge in [0.15, 0.2) is 0 Å². The minimum atomic E-state index is -0.774. The largest absolute Gasteiger partial charge is 0.324 e. The Kier molecular flexibility index (Phi) is 3.86. The Morgan fingerprint density at radius 1 is 1.04 bits per heavy atom. The molecule has 0 aromatic heterocycles. The van der Waals surface area contributed by atoms with Gasteiger partial charge in [0.05, 0.1) is 11.8 Å². The Balaban J connectivity index is 1.42. The number of fused-ring (bicyclic) bond motifs is 6. The van der Waals surface area contributed by atoms with Gasteiger partial charge in [0.25, 0.3) is 0 Å². The standard InChI is InChI=1S/C23H22N2O3/c1-2-18(21(26)24-17-9-5-7-13-6-3-4-8-16(13)17)25-22(27)19-14-10-11-15(12-14)20(19)23(25)28/h3-11,14-15,18-20H,2,12H2,1H3,(H,24,26). The Morgan fingerprint density at radius 3 is 2.36 bits per heavy atom. The van der Waals surface area contributed by atoms with E-state index in [4.69, 9.17) is 0 Å². The highest BCUT2D eigenvalue weighted by Crippen LogP contribution is 2.53. The van der Waals surface area contributed by atoms with Gasteiger partial charge in [-0.25, -0.2) is 0 Å². The summed E-state index contributed by atoms with van der Waals surface area (Å²) in [4.78, 5) is 40.4. The van der Waals surface area contributed by atoms with Crippen LogP contribution in [0.1, 0.15) is 19.8 Å². The molecule has 5 unspecified atom stereocenters. The quantitative estimate of drug-likeness (QED) is 0.659. The van der Waals surface area contributed by atoms with E-state index in [-0.39, 0.29) is 41.4 Å². The Bertz CT molecular complexity index is 992. The van der Waals surface area contributed by atoms with Crippen LogP contribution in [0, 0.1) is 23.7 Å². The SMILES string of the molecule is CCC(C(=O)Nc1cccc2ccccc12)N1C(=O)C2C3C=CC(C3)C2C1=O. The van der Waals surface area contributed by atoms with Crippen LogP contribution in [0.5, 0.6) is 0 Å². The summed E-state index contributed by atoms with van der Waals surface area (Å²) < 4.78 is 0. The molecule has 3 aliphatic rings. The molecule has 5 heteroatoms. The Labute approximate surface area is 163 Å². The average molecular weight is 374 g/mol. The molecule has 5 atom stereocenters. The molecule has 5 rings (SSSR count). The number of imide groups is 1. The number of carbonyl (C=O) groups excluding carboxylic acids is 3. The summed E-state index contributed by atoms with van der Waals surface area (Å²) >= 11 is 0. The van der Waals surface area contributed by atoms with Gasteiger partial charge in [-0.2, -0.15) is 0 Å². The molecule has 1 aliphatic heterocycles. The van der Waals surface area contributed by atoms with Crippen molar-refractivity contribution in [3.63, 3.8) is 0 Å². The molecule has 2 bridgehead atoms. The first-order chi connectivity index (χ1) is 13.6. The second kappa shape index (κ2) is 6.30. The minimum Gasteiger partial charge on any atom is -0.324 e. The number of amides is 3. The van der Waals surface area contributed by atoms with Crippen LogP contribution in [0.25, 0.3) is 10.8 Å². The first-order valence-corrected chi connectivity index (χ1v) is 9.94. The molecular weight excluding hydrogens is 352 g/mol. The summed E-state index contributed by atoms with van der Waals surface area (Å²) in [6, 6.07) is 12.8. The molecule has 0 spiro atoms. The summed E-state index contributed by atoms with van der Waals surface area (Å²) in [7, 11) is 0. The lowest BCUT2D eigenvalue weighted by atomic mass is 9.85. The van der Waals surface area contributed by atoms with E-state index in [2.05, 4.69) is 17.5 Å². The number of hydrogen-bond donors (Lipinski definition) is 1. The van der Waals surface area contributed by atoms with Gasteiger partial charge < -0.3 is 5.32 Å². The predicted molar refractivity (Wildman–Crippen MR) is 106 cm³/mol. The molecule has 2 aromatic rings. The molecular formula is C23H22N2O3. The van der Waals surface area contributed by atoms with Gasteiger partial charge >= 0.3 is 0 Å². The molecule has 142 valence electrons. The molecule has 2 fully saturated rings. The van der Waals surface area contributed by atoms with Crippen LogP contribution < -0.4 is 5.32 Å². The topological polar surface area (TPSA) is 66.5 Å². The van der Waals surface area contributed by atoms with Crippen molar-refractivity contribution in [2.24, 2.45) is 23.7 Å². The van der Waals surface area contributed by atoms with Crippen molar-refractivity contribution in [1.82, 2.24) is 4.90 Å². The van der Waals surface area contributed by atoms with Crippen molar-refractivity contribution in [2.75, 3.05) is 5.32 Å². The minimum absolute atomic E-state index is 0.148. The van der Waals surface area contributed by atoms with Gasteiger partial charge in [-0.1, -0.05) is 55.5 Å². The third kappa shape index (κ3) is 2.35. The molecule has 1 heterocycles. The monoisotopic (exact) mass is 374 g/mol. The van der Waals surface area contributed by atoms with Gasteiger partial charge in [-0.05, 0) is 36.1 Å². The molecule has 1 saturated heterocycles. The summed E-state index contributed by atoms with van der Waals surface area (Å²) in [5.41, 5.74) is 0.697. The van der Waals surface area contributed by atoms with Crippen molar-refractivity contribution >= 4 is 34.2 Å². The zero-order chi connectivity index (χ0) is 19.4. The first-order valence-electron chi connectivity index (χ1n) is 9.94. The lowest BCUT2D eigenvalue weighted by Gasteiger charge is -2.26. The van der Waals surface area contributed by atoms with Gasteiger partial charge in [-0.3, -0.25) is 19.3 Å². The van der Waals surface area contributed by atoms with Crippen LogP contribution in [0.3, 0.4) is 0 Å². The number of nitrogens with zero attached hydrogens (tertiary/aromatic N) is 1. The second-order valence-electron chi connectivity index (χ2n) is 7.99. The van der Waals surface area contributed by atoms with E-state index in [0.29, 0.717) is 12.1 Å². The van der Waals surface area contributed by atoms with Crippen LogP contribution in [0.2, 0.25) is 0 Å². The normalized spacial score (nSPS) is 28.8. The van der Waals surface area contributed by atoms with E-state index >= 15 is 0 Å². The van der Waals surface area contributed by atoms with Gasteiger partial charge in [-0.15, -0.1) is 0 Å². The lowest BCUT2D eigenvalue weighted by Crippen LogP contribution is -2.48. The number of anilines is 1. The van der Waals surface area contributed by atoms with Crippen LogP contribution in [-0.2, 0) is 14.4 Å². The maximum absolute atomic E-state index is 13.1. The molecule has 1 saturated carbocycles. The number of allylic oxidation sites excluding steroid dienone is 2. The van der Waals surface area contributed by atoms with Gasteiger partial charge in [0.1, 0.15) is 6.04 Å². The second-order valence-corrected chi connectivity index (χ2v) is 7.99. The molecule has 28 heavy (non-hydrogen) atoms. The first kappa shape index (κ1) is 17.2. The number of likely N-dealkylation sites (tertiary alicyclic amines) is 1. The van der Waals surface area contributed by atoms with Crippen molar-refractivity contribution in [2.45, 2.75) is 25.8 Å². The molecule has 2 aromatic carbocycles. The van der Waals surface area contributed by atoms with Crippen LogP contribution in [-0.4, -0.2) is 28.7 Å². The highest BCUT2D eigenvalue weighted by Gasteiger charge is 2.60. The summed E-state index contributed by atoms with van der Waals surface area (Å²) in [6.45, 7) is 1.84. The number of hydrogen-bond acceptors (Lipinski definition) is 3. The predicted octanol–water partition coefficient (Wildman–Crippen LogP) is 3.36. The molecule has 2 aliphatic carbocycles.